The van der Waals surface area contributed by atoms with Crippen molar-refractivity contribution >= 4 is 40.5 Å². The molecule has 0 spiro atoms. The Bertz CT molecular complexity index is 849. The molecule has 7 heteroatoms. The van der Waals surface area contributed by atoms with Gasteiger partial charge in [0.25, 0.3) is 0 Å². The molecular weight excluding hydrogens is 381 g/mol. The molecule has 1 unspecified atom stereocenters. The van der Waals surface area contributed by atoms with Gasteiger partial charge in [0.05, 0.1) is 22.0 Å². The molecule has 0 bridgehead atoms. The summed E-state index contributed by atoms with van der Waals surface area (Å²) in [6, 6.07) is 14.4. The summed E-state index contributed by atoms with van der Waals surface area (Å²) >= 11 is 3.23. The van der Waals surface area contributed by atoms with E-state index in [9.17, 15) is 9.18 Å². The first-order valence-electron chi connectivity index (χ1n) is 8.83. The van der Waals surface area contributed by atoms with Crippen molar-refractivity contribution in [2.45, 2.75) is 23.5 Å². The van der Waals surface area contributed by atoms with Crippen molar-refractivity contribution in [1.82, 2.24) is 15.3 Å². The lowest BCUT2D eigenvalue weighted by atomic mass is 10.3. The smallest absolute Gasteiger partial charge is 0.230 e. The van der Waals surface area contributed by atoms with Crippen molar-refractivity contribution < 1.29 is 9.18 Å². The highest BCUT2D eigenvalue weighted by molar-refractivity contribution is 8.00. The van der Waals surface area contributed by atoms with Gasteiger partial charge in [-0.1, -0.05) is 12.1 Å². The van der Waals surface area contributed by atoms with Crippen molar-refractivity contribution in [3.8, 4) is 0 Å². The van der Waals surface area contributed by atoms with Crippen LogP contribution in [0.1, 0.15) is 24.4 Å². The molecule has 0 aliphatic carbocycles. The molecule has 0 fully saturated rings. The number of carbonyl (C=O) groups excluding carboxylic acids is 1. The summed E-state index contributed by atoms with van der Waals surface area (Å²) in [6.45, 7) is 2.70. The maximum Gasteiger partial charge on any atom is 0.230 e. The predicted octanol–water partition coefficient (Wildman–Crippen LogP) is 4.79. The Labute approximate surface area is 166 Å². The van der Waals surface area contributed by atoms with Crippen LogP contribution in [-0.2, 0) is 4.79 Å². The number of carbonyl (C=O) groups is 1. The summed E-state index contributed by atoms with van der Waals surface area (Å²) in [7, 11) is 0. The van der Waals surface area contributed by atoms with Crippen molar-refractivity contribution in [2.75, 3.05) is 18.1 Å². The average molecular weight is 404 g/mol. The second-order valence-electron chi connectivity index (χ2n) is 6.10. The van der Waals surface area contributed by atoms with Crippen molar-refractivity contribution in [2.24, 2.45) is 0 Å². The van der Waals surface area contributed by atoms with Gasteiger partial charge < -0.3 is 10.3 Å². The first-order chi connectivity index (χ1) is 13.1. The zero-order valence-corrected chi connectivity index (χ0v) is 16.7. The van der Waals surface area contributed by atoms with Gasteiger partial charge in [0.1, 0.15) is 11.6 Å². The number of H-pyrrole nitrogens is 1. The van der Waals surface area contributed by atoms with Crippen LogP contribution in [0, 0.1) is 5.82 Å². The second-order valence-corrected chi connectivity index (χ2v) is 8.60. The fourth-order valence-corrected chi connectivity index (χ4v) is 4.14. The third kappa shape index (κ3) is 6.01. The van der Waals surface area contributed by atoms with E-state index in [-0.39, 0.29) is 17.0 Å². The molecule has 1 atom stereocenters. The predicted molar refractivity (Wildman–Crippen MR) is 112 cm³/mol. The Kier molecular flexibility index (Phi) is 7.18. The van der Waals surface area contributed by atoms with E-state index in [1.807, 2.05) is 24.3 Å². The van der Waals surface area contributed by atoms with E-state index in [0.29, 0.717) is 12.3 Å². The van der Waals surface area contributed by atoms with Crippen LogP contribution in [0.2, 0.25) is 0 Å². The highest BCUT2D eigenvalue weighted by Crippen LogP contribution is 2.27. The van der Waals surface area contributed by atoms with Crippen LogP contribution in [0.15, 0.2) is 53.4 Å². The Morgan fingerprint density at radius 2 is 2.00 bits per heavy atom. The molecule has 0 aliphatic heterocycles. The molecule has 142 valence electrons. The minimum Gasteiger partial charge on any atom is -0.355 e. The van der Waals surface area contributed by atoms with E-state index < -0.39 is 0 Å². The van der Waals surface area contributed by atoms with Gasteiger partial charge in [0.15, 0.2) is 0 Å². The maximum atomic E-state index is 12.8. The number of nitrogens with one attached hydrogen (secondary N) is 2. The first-order valence-corrected chi connectivity index (χ1v) is 10.9. The molecule has 0 radical (unpaired) electrons. The van der Waals surface area contributed by atoms with Gasteiger partial charge >= 0.3 is 0 Å². The van der Waals surface area contributed by atoms with Crippen LogP contribution >= 0.6 is 23.5 Å². The molecular formula is C20H22FN3OS2. The number of para-hydroxylation sites is 2. The van der Waals surface area contributed by atoms with E-state index in [0.717, 1.165) is 33.9 Å². The number of imidazole rings is 1. The third-order valence-corrected chi connectivity index (χ3v) is 6.23. The van der Waals surface area contributed by atoms with Crippen LogP contribution in [-0.4, -0.2) is 33.9 Å². The van der Waals surface area contributed by atoms with Crippen LogP contribution in [0.4, 0.5) is 4.39 Å². The van der Waals surface area contributed by atoms with E-state index in [1.54, 1.807) is 35.7 Å². The van der Waals surface area contributed by atoms with E-state index in [1.165, 1.54) is 12.1 Å². The molecule has 4 nitrogen and oxygen atoms in total. The van der Waals surface area contributed by atoms with Gasteiger partial charge in [-0.3, -0.25) is 4.79 Å². The Hall–Kier alpha value is -1.99. The lowest BCUT2D eigenvalue weighted by molar-refractivity contribution is -0.118. The minimum absolute atomic E-state index is 0.0368. The topological polar surface area (TPSA) is 57.8 Å². The lowest BCUT2D eigenvalue weighted by Gasteiger charge is -2.09. The molecule has 0 saturated heterocycles. The average Bonchev–Trinajstić information content (AvgIpc) is 3.11. The fraction of sp³-hybridized carbons (Fsp3) is 0.300. The monoisotopic (exact) mass is 403 g/mol. The summed E-state index contributed by atoms with van der Waals surface area (Å²) in [5.74, 6) is 2.00. The molecule has 0 saturated carbocycles. The van der Waals surface area contributed by atoms with Gasteiger partial charge in [0.2, 0.25) is 5.91 Å². The minimum atomic E-state index is -0.221. The van der Waals surface area contributed by atoms with Crippen LogP contribution < -0.4 is 5.32 Å². The molecule has 27 heavy (non-hydrogen) atoms. The summed E-state index contributed by atoms with van der Waals surface area (Å²) in [4.78, 5) is 20.9. The largest absolute Gasteiger partial charge is 0.355 e. The zero-order chi connectivity index (χ0) is 19.1. The molecule has 1 heterocycles. The number of amides is 1. The molecule has 1 amide bonds. The molecule has 2 aromatic carbocycles. The number of halogens is 1. The van der Waals surface area contributed by atoms with E-state index in [4.69, 9.17) is 0 Å². The summed E-state index contributed by atoms with van der Waals surface area (Å²) in [6.07, 6.45) is 0.873. The lowest BCUT2D eigenvalue weighted by Crippen LogP contribution is -2.26. The number of benzene rings is 2. The van der Waals surface area contributed by atoms with Crippen LogP contribution in [0.3, 0.4) is 0 Å². The third-order valence-electron chi connectivity index (χ3n) is 3.98. The van der Waals surface area contributed by atoms with E-state index in [2.05, 4.69) is 22.2 Å². The van der Waals surface area contributed by atoms with Crippen LogP contribution in [0.25, 0.3) is 11.0 Å². The molecule has 2 N–H and O–H groups in total. The highest BCUT2D eigenvalue weighted by Gasteiger charge is 2.13. The number of hydrogen-bond donors (Lipinski definition) is 2. The van der Waals surface area contributed by atoms with E-state index >= 15 is 0 Å². The van der Waals surface area contributed by atoms with Gasteiger partial charge in [-0.2, -0.15) is 0 Å². The molecule has 1 aromatic heterocycles. The van der Waals surface area contributed by atoms with Crippen molar-refractivity contribution in [3.05, 3.63) is 60.2 Å². The fourth-order valence-electron chi connectivity index (χ4n) is 2.52. The van der Waals surface area contributed by atoms with Crippen molar-refractivity contribution in [3.63, 3.8) is 0 Å². The Morgan fingerprint density at radius 3 is 2.78 bits per heavy atom. The Balaban J connectivity index is 1.32. The summed E-state index contributed by atoms with van der Waals surface area (Å²) in [5.41, 5.74) is 1.96. The van der Waals surface area contributed by atoms with Gasteiger partial charge in [0, 0.05) is 11.4 Å². The normalized spacial score (nSPS) is 12.2. The standard InChI is InChI=1S/C20H22FN3OS2/c1-14(20-23-17-5-2-3-6-18(17)24-20)27-13-19(25)22-11-4-12-26-16-9-7-15(21)8-10-16/h2-3,5-10,14H,4,11-13H2,1H3,(H,22,25)(H,23,24). The summed E-state index contributed by atoms with van der Waals surface area (Å²) < 4.78 is 12.8. The molecule has 3 rings (SSSR count). The number of nitrogens with zero attached hydrogens (tertiary/aromatic N) is 1. The highest BCUT2D eigenvalue weighted by atomic mass is 32.2. The first kappa shape index (κ1) is 19.8. The number of hydrogen-bond acceptors (Lipinski definition) is 4. The van der Waals surface area contributed by atoms with Gasteiger partial charge in [-0.05, 0) is 55.5 Å². The SMILES string of the molecule is CC(SCC(=O)NCCCSc1ccc(F)cc1)c1nc2ccccc2[nH]1. The second kappa shape index (κ2) is 9.80. The zero-order valence-electron chi connectivity index (χ0n) is 15.1. The summed E-state index contributed by atoms with van der Waals surface area (Å²) in [5, 5.41) is 3.07. The number of aromatic nitrogens is 2. The van der Waals surface area contributed by atoms with Gasteiger partial charge in [-0.15, -0.1) is 23.5 Å². The maximum absolute atomic E-state index is 12.8. The number of thioether (sulfide) groups is 2. The van der Waals surface area contributed by atoms with Crippen LogP contribution in [0.5, 0.6) is 0 Å². The Morgan fingerprint density at radius 1 is 1.22 bits per heavy atom. The number of fused-ring (bicyclic) bond motifs is 1. The molecule has 0 aliphatic rings. The molecule has 3 aromatic rings. The quantitative estimate of drug-likeness (QED) is 0.398. The van der Waals surface area contributed by atoms with Crippen molar-refractivity contribution in [1.29, 1.82) is 0 Å². The number of rotatable bonds is 9. The van der Waals surface area contributed by atoms with Gasteiger partial charge in [-0.25, -0.2) is 9.37 Å². The number of aromatic amines is 1.